The van der Waals surface area contributed by atoms with Gasteiger partial charge in [-0.3, -0.25) is 0 Å². The first-order chi connectivity index (χ1) is 12.3. The number of hydrogen-bond donors (Lipinski definition) is 1. The first-order valence-electron chi connectivity index (χ1n) is 8.56. The van der Waals surface area contributed by atoms with Gasteiger partial charge in [0.05, 0.1) is 19.5 Å². The summed E-state index contributed by atoms with van der Waals surface area (Å²) < 4.78 is 39.4. The highest BCUT2D eigenvalue weighted by Crippen LogP contribution is 2.24. The van der Waals surface area contributed by atoms with Crippen LogP contribution in [0.15, 0.2) is 58.3 Å². The summed E-state index contributed by atoms with van der Waals surface area (Å²) in [7, 11) is -6.23. The number of nitrogens with one attached hydrogen (secondary N) is 1. The number of hydrogen-bond acceptors (Lipinski definition) is 4. The number of anilines is 2. The van der Waals surface area contributed by atoms with E-state index in [1.54, 1.807) is 12.1 Å². The maximum Gasteiger partial charge on any atom is 0.175 e. The van der Waals surface area contributed by atoms with Gasteiger partial charge in [0.2, 0.25) is 0 Å². The zero-order valence-corrected chi connectivity index (χ0v) is 16.5. The zero-order valence-electron chi connectivity index (χ0n) is 14.8. The molecular weight excluding hydrogens is 368 g/mol. The summed E-state index contributed by atoms with van der Waals surface area (Å²) in [5, 5.41) is 0. The summed E-state index contributed by atoms with van der Waals surface area (Å²) in [6.07, 6.45) is 4.84. The molecule has 3 rings (SSSR count). The Balaban J connectivity index is 1.79. The largest absolute Gasteiger partial charge is 0.372 e. The second-order valence-electron chi connectivity index (χ2n) is 6.62. The second kappa shape index (κ2) is 7.32. The van der Waals surface area contributed by atoms with Gasteiger partial charge in [-0.15, -0.1) is 0 Å². The van der Waals surface area contributed by atoms with Crippen LogP contribution in [0.1, 0.15) is 19.3 Å². The molecule has 1 N–H and O–H groups in total. The average Bonchev–Trinajstić information content (AvgIpc) is 2.62. The van der Waals surface area contributed by atoms with Gasteiger partial charge in [-0.2, -0.15) is 0 Å². The van der Waals surface area contributed by atoms with Crippen LogP contribution in [0.5, 0.6) is 0 Å². The van der Waals surface area contributed by atoms with E-state index in [4.69, 9.17) is 0 Å². The summed E-state index contributed by atoms with van der Waals surface area (Å²) in [4.78, 5) is 2.85. The standard InChI is InChI=1S/C19H24N2O3S2/c1-25(22,18-7-6-8-19(15-18)26(2,23)24)20-16-9-11-17(12-10-16)21-13-4-3-5-14-21/h6-12,15H,1,3-5,13-14H2,2H3,(H,20,22). The maximum atomic E-state index is 13.0. The minimum absolute atomic E-state index is 0.133. The topological polar surface area (TPSA) is 66.5 Å². The molecule has 26 heavy (non-hydrogen) atoms. The van der Waals surface area contributed by atoms with Crippen LogP contribution in [0.3, 0.4) is 0 Å². The zero-order chi connectivity index (χ0) is 18.8. The van der Waals surface area contributed by atoms with Crippen LogP contribution < -0.4 is 9.62 Å². The van der Waals surface area contributed by atoms with Crippen LogP contribution in [-0.2, 0) is 19.5 Å². The minimum atomic E-state index is -3.36. The number of nitrogens with zero attached hydrogens (tertiary/aromatic N) is 1. The van der Waals surface area contributed by atoms with Gasteiger partial charge in [-0.05, 0) is 67.6 Å². The lowest BCUT2D eigenvalue weighted by Crippen LogP contribution is -2.29. The van der Waals surface area contributed by atoms with Gasteiger partial charge >= 0.3 is 0 Å². The lowest BCUT2D eigenvalue weighted by Gasteiger charge is -2.29. The van der Waals surface area contributed by atoms with Crippen molar-refractivity contribution in [2.24, 2.45) is 0 Å². The molecule has 1 atom stereocenters. The number of benzene rings is 2. The fourth-order valence-electron chi connectivity index (χ4n) is 3.05. The molecule has 2 aromatic rings. The molecule has 0 radical (unpaired) electrons. The highest BCUT2D eigenvalue weighted by molar-refractivity contribution is 8.01. The summed E-state index contributed by atoms with van der Waals surface area (Å²) in [5.74, 6) is 3.78. The SMILES string of the molecule is C=S(=O)(Nc1ccc(N2CCCCC2)cc1)c1cccc(S(C)(=O)=O)c1. The van der Waals surface area contributed by atoms with E-state index in [0.717, 1.165) is 25.0 Å². The van der Waals surface area contributed by atoms with Crippen molar-refractivity contribution >= 4 is 36.8 Å². The maximum absolute atomic E-state index is 13.0. The Labute approximate surface area is 156 Å². The van der Waals surface area contributed by atoms with Crippen LogP contribution in [-0.4, -0.2) is 37.8 Å². The Kier molecular flexibility index (Phi) is 5.29. The summed E-state index contributed by atoms with van der Waals surface area (Å²) in [6, 6.07) is 13.9. The van der Waals surface area contributed by atoms with Crippen LogP contribution >= 0.6 is 0 Å². The van der Waals surface area contributed by atoms with Crippen LogP contribution in [0.2, 0.25) is 0 Å². The van der Waals surface area contributed by atoms with Gasteiger partial charge in [0.25, 0.3) is 0 Å². The molecule has 140 valence electrons. The Morgan fingerprint density at radius 3 is 2.15 bits per heavy atom. The van der Waals surface area contributed by atoms with Gasteiger partial charge < -0.3 is 9.62 Å². The summed E-state index contributed by atoms with van der Waals surface area (Å²) in [6.45, 7) is 2.13. The molecule has 1 aliphatic heterocycles. The van der Waals surface area contributed by atoms with Crippen molar-refractivity contribution in [2.45, 2.75) is 29.1 Å². The average molecular weight is 393 g/mol. The molecule has 5 nitrogen and oxygen atoms in total. The second-order valence-corrected chi connectivity index (χ2v) is 10.7. The molecule has 1 unspecified atom stereocenters. The van der Waals surface area contributed by atoms with Crippen LogP contribution in [0.25, 0.3) is 0 Å². The van der Waals surface area contributed by atoms with Crippen LogP contribution in [0, 0.1) is 0 Å². The Bertz CT molecular complexity index is 976. The molecule has 1 heterocycles. The van der Waals surface area contributed by atoms with Gasteiger partial charge in [0.1, 0.15) is 0 Å². The Hall–Kier alpha value is -1.99. The first kappa shape index (κ1) is 18.8. The molecule has 0 bridgehead atoms. The van der Waals surface area contributed by atoms with E-state index in [-0.39, 0.29) is 4.90 Å². The normalized spacial score (nSPS) is 17.5. The van der Waals surface area contributed by atoms with Crippen molar-refractivity contribution < 1.29 is 12.6 Å². The van der Waals surface area contributed by atoms with E-state index in [0.29, 0.717) is 10.6 Å². The molecule has 0 saturated carbocycles. The molecule has 1 fully saturated rings. The quantitative estimate of drug-likeness (QED) is 0.794. The third-order valence-electron chi connectivity index (χ3n) is 4.49. The van der Waals surface area contributed by atoms with E-state index in [9.17, 15) is 12.6 Å². The number of piperidine rings is 1. The van der Waals surface area contributed by atoms with Crippen molar-refractivity contribution in [2.75, 3.05) is 29.0 Å². The minimum Gasteiger partial charge on any atom is -0.372 e. The van der Waals surface area contributed by atoms with Crippen molar-refractivity contribution in [3.63, 3.8) is 0 Å². The highest BCUT2D eigenvalue weighted by Gasteiger charge is 2.14. The molecule has 2 aromatic carbocycles. The lowest BCUT2D eigenvalue weighted by molar-refractivity contribution is 0.578. The number of sulfone groups is 1. The van der Waals surface area contributed by atoms with E-state index in [1.165, 1.54) is 31.4 Å². The summed E-state index contributed by atoms with van der Waals surface area (Å²) in [5.41, 5.74) is 1.85. The summed E-state index contributed by atoms with van der Waals surface area (Å²) >= 11 is 0. The molecule has 1 saturated heterocycles. The van der Waals surface area contributed by atoms with Crippen molar-refractivity contribution in [1.82, 2.24) is 0 Å². The van der Waals surface area contributed by atoms with Crippen molar-refractivity contribution in [3.05, 3.63) is 48.5 Å². The van der Waals surface area contributed by atoms with Crippen molar-refractivity contribution in [1.29, 1.82) is 0 Å². The van der Waals surface area contributed by atoms with E-state index >= 15 is 0 Å². The Morgan fingerprint density at radius 1 is 0.923 bits per heavy atom. The molecule has 0 aromatic heterocycles. The van der Waals surface area contributed by atoms with Crippen molar-refractivity contribution in [3.8, 4) is 0 Å². The third kappa shape index (κ3) is 4.40. The van der Waals surface area contributed by atoms with E-state index in [1.807, 2.05) is 24.3 Å². The molecule has 7 heteroatoms. The van der Waals surface area contributed by atoms with E-state index in [2.05, 4.69) is 15.5 Å². The number of rotatable bonds is 5. The molecular formula is C19H24N2O3S2. The third-order valence-corrected chi connectivity index (χ3v) is 7.18. The highest BCUT2D eigenvalue weighted by atomic mass is 32.2. The van der Waals surface area contributed by atoms with Gasteiger partial charge in [0.15, 0.2) is 9.84 Å². The Morgan fingerprint density at radius 2 is 1.54 bits per heavy atom. The van der Waals surface area contributed by atoms with Gasteiger partial charge in [-0.1, -0.05) is 6.07 Å². The monoisotopic (exact) mass is 392 g/mol. The van der Waals surface area contributed by atoms with E-state index < -0.39 is 19.5 Å². The fourth-order valence-corrected chi connectivity index (χ4v) is 5.04. The smallest absolute Gasteiger partial charge is 0.175 e. The molecule has 0 amide bonds. The lowest BCUT2D eigenvalue weighted by atomic mass is 10.1. The first-order valence-corrected chi connectivity index (χ1v) is 12.2. The van der Waals surface area contributed by atoms with Gasteiger partial charge in [0, 0.05) is 30.7 Å². The predicted octanol–water partition coefficient (Wildman–Crippen LogP) is 3.18. The predicted molar refractivity (Wildman–Crippen MR) is 109 cm³/mol. The molecule has 1 aliphatic rings. The van der Waals surface area contributed by atoms with Crippen LogP contribution in [0.4, 0.5) is 11.4 Å². The van der Waals surface area contributed by atoms with Gasteiger partial charge in [-0.25, -0.2) is 12.6 Å². The fraction of sp³-hybridized carbons (Fsp3) is 0.316. The molecule has 0 aliphatic carbocycles. The molecule has 0 spiro atoms.